The molecule has 0 spiro atoms. The van der Waals surface area contributed by atoms with Gasteiger partial charge < -0.3 is 31.0 Å². The summed E-state index contributed by atoms with van der Waals surface area (Å²) in [4.78, 5) is 46.0. The van der Waals surface area contributed by atoms with Crippen molar-refractivity contribution in [1.82, 2.24) is 14.7 Å². The van der Waals surface area contributed by atoms with Gasteiger partial charge in [0.05, 0.1) is 31.5 Å². The molecule has 0 radical (unpaired) electrons. The number of methoxy groups -OCH3 is 2. The lowest BCUT2D eigenvalue weighted by atomic mass is 10.00. The number of carbonyl (C=O) groups excluding carboxylic acids is 3. The van der Waals surface area contributed by atoms with Crippen molar-refractivity contribution in [3.8, 4) is 11.5 Å². The van der Waals surface area contributed by atoms with Crippen LogP contribution in [0.3, 0.4) is 0 Å². The fraction of sp³-hybridized carbons (Fsp3) is 0.276. The van der Waals surface area contributed by atoms with Crippen molar-refractivity contribution in [2.45, 2.75) is 25.0 Å². The normalized spacial score (nSPS) is 15.2. The molecule has 1 fully saturated rings. The molecule has 0 bridgehead atoms. The lowest BCUT2D eigenvalue weighted by Crippen LogP contribution is -2.45. The molecule has 12 nitrogen and oxygen atoms in total. The van der Waals surface area contributed by atoms with E-state index in [9.17, 15) is 14.4 Å². The van der Waals surface area contributed by atoms with Gasteiger partial charge in [-0.3, -0.25) is 24.3 Å². The number of nitrogens with one attached hydrogen (secondary N) is 1. The van der Waals surface area contributed by atoms with Crippen LogP contribution in [0.4, 0.5) is 11.4 Å². The topological polar surface area (TPSA) is 172 Å². The van der Waals surface area contributed by atoms with E-state index in [1.807, 2.05) is 12.1 Å². The van der Waals surface area contributed by atoms with Gasteiger partial charge in [0.15, 0.2) is 17.2 Å². The molecule has 218 valence electrons. The molecule has 1 aliphatic rings. The maximum absolute atomic E-state index is 14.4. The van der Waals surface area contributed by atoms with Crippen LogP contribution < -0.4 is 31.2 Å². The standard InChI is InChI=1S/C29H30N6O6S/c1-39-21-10-8-18(14-22(21)40-2)35(29(38)26-23(30)24(27(31)36)34-42-26)25(28(37)33-15-19-6-4-12-41-19)17-7-9-20-16(13-17)5-3-11-32-20/h3,5,7-11,13-14,19,25H,4,6,12,15,30H2,1-2H3,(H2,31,36)(H,33,37)/t19-,25+/m0/s1. The number of hydrogen-bond donors (Lipinski definition) is 3. The van der Waals surface area contributed by atoms with Crippen LogP contribution in [-0.2, 0) is 9.53 Å². The van der Waals surface area contributed by atoms with E-state index < -0.39 is 23.8 Å². The molecule has 0 aliphatic carbocycles. The molecule has 4 aromatic rings. The van der Waals surface area contributed by atoms with Crippen molar-refractivity contribution in [2.75, 3.05) is 38.0 Å². The average Bonchev–Trinajstić information content (AvgIpc) is 3.67. The van der Waals surface area contributed by atoms with Crippen LogP contribution in [-0.4, -0.2) is 60.6 Å². The molecule has 42 heavy (non-hydrogen) atoms. The number of ether oxygens (including phenoxy) is 3. The van der Waals surface area contributed by atoms with Crippen LogP contribution in [0.15, 0.2) is 54.7 Å². The number of primary amides is 1. The first kappa shape index (κ1) is 28.8. The van der Waals surface area contributed by atoms with E-state index >= 15 is 0 Å². The number of anilines is 2. The Morgan fingerprint density at radius 2 is 1.95 bits per heavy atom. The Kier molecular flexibility index (Phi) is 8.50. The molecular formula is C29H30N6O6S. The maximum atomic E-state index is 14.4. The smallest absolute Gasteiger partial charge is 0.273 e. The van der Waals surface area contributed by atoms with Gasteiger partial charge in [-0.15, -0.1) is 0 Å². The number of amides is 3. The second kappa shape index (κ2) is 12.4. The zero-order valence-corrected chi connectivity index (χ0v) is 23.8. The number of rotatable bonds is 10. The van der Waals surface area contributed by atoms with E-state index in [2.05, 4.69) is 14.7 Å². The number of benzene rings is 2. The summed E-state index contributed by atoms with van der Waals surface area (Å²) in [6.45, 7) is 0.900. The van der Waals surface area contributed by atoms with Crippen LogP contribution in [0.25, 0.3) is 10.9 Å². The van der Waals surface area contributed by atoms with Crippen LogP contribution in [0, 0.1) is 0 Å². The molecule has 2 aromatic heterocycles. The first-order valence-electron chi connectivity index (χ1n) is 13.2. The molecule has 0 unspecified atom stereocenters. The number of carbonyl (C=O) groups is 3. The molecule has 3 heterocycles. The number of nitrogens with zero attached hydrogens (tertiary/aromatic N) is 3. The van der Waals surface area contributed by atoms with Gasteiger partial charge in [-0.2, -0.15) is 4.37 Å². The van der Waals surface area contributed by atoms with Crippen molar-refractivity contribution in [1.29, 1.82) is 0 Å². The predicted molar refractivity (Wildman–Crippen MR) is 158 cm³/mol. The van der Waals surface area contributed by atoms with Gasteiger partial charge in [0.25, 0.3) is 11.8 Å². The van der Waals surface area contributed by atoms with Crippen LogP contribution in [0.1, 0.15) is 44.6 Å². The second-order valence-corrected chi connectivity index (χ2v) is 10.4. The Balaban J connectivity index is 1.67. The molecule has 3 amide bonds. The summed E-state index contributed by atoms with van der Waals surface area (Å²) in [6, 6.07) is 12.7. The zero-order valence-electron chi connectivity index (χ0n) is 23.0. The number of hydrogen-bond acceptors (Lipinski definition) is 10. The summed E-state index contributed by atoms with van der Waals surface area (Å²) < 4.78 is 20.6. The number of fused-ring (bicyclic) bond motifs is 1. The molecule has 13 heteroatoms. The molecule has 2 aromatic carbocycles. The van der Waals surface area contributed by atoms with Gasteiger partial charge in [0.2, 0.25) is 5.91 Å². The van der Waals surface area contributed by atoms with E-state index in [1.54, 1.807) is 42.6 Å². The summed E-state index contributed by atoms with van der Waals surface area (Å²) in [5.74, 6) is -1.21. The number of nitrogen functional groups attached to an aromatic ring is 1. The molecule has 2 atom stereocenters. The lowest BCUT2D eigenvalue weighted by molar-refractivity contribution is -0.123. The zero-order chi connectivity index (χ0) is 29.8. The number of nitrogens with two attached hydrogens (primary N) is 2. The summed E-state index contributed by atoms with van der Waals surface area (Å²) in [7, 11) is 2.96. The highest BCUT2D eigenvalue weighted by atomic mass is 32.1. The largest absolute Gasteiger partial charge is 0.493 e. The number of aromatic nitrogens is 2. The monoisotopic (exact) mass is 590 g/mol. The first-order valence-corrected chi connectivity index (χ1v) is 13.9. The Morgan fingerprint density at radius 3 is 2.64 bits per heavy atom. The Bertz CT molecular complexity index is 1640. The van der Waals surface area contributed by atoms with Crippen LogP contribution in [0.2, 0.25) is 0 Å². The summed E-state index contributed by atoms with van der Waals surface area (Å²) in [6.07, 6.45) is 3.27. The molecule has 1 saturated heterocycles. The first-order chi connectivity index (χ1) is 20.3. The third kappa shape index (κ3) is 5.69. The summed E-state index contributed by atoms with van der Waals surface area (Å²) >= 11 is 0.729. The quantitative estimate of drug-likeness (QED) is 0.251. The Morgan fingerprint density at radius 1 is 1.14 bits per heavy atom. The van der Waals surface area contributed by atoms with Crippen molar-refractivity contribution in [3.05, 3.63) is 70.9 Å². The van der Waals surface area contributed by atoms with E-state index in [0.29, 0.717) is 29.4 Å². The molecule has 1 aliphatic heterocycles. The van der Waals surface area contributed by atoms with E-state index in [1.165, 1.54) is 19.1 Å². The molecule has 5 N–H and O–H groups in total. The van der Waals surface area contributed by atoms with Crippen molar-refractivity contribution in [2.24, 2.45) is 5.73 Å². The van der Waals surface area contributed by atoms with Crippen LogP contribution >= 0.6 is 11.5 Å². The Labute approximate surface area is 245 Å². The third-order valence-corrected chi connectivity index (χ3v) is 7.85. The molecular weight excluding hydrogens is 560 g/mol. The highest BCUT2D eigenvalue weighted by molar-refractivity contribution is 7.09. The fourth-order valence-corrected chi connectivity index (χ4v) is 5.64. The third-order valence-electron chi connectivity index (χ3n) is 7.00. The van der Waals surface area contributed by atoms with E-state index in [-0.39, 0.29) is 28.9 Å². The van der Waals surface area contributed by atoms with Gasteiger partial charge in [-0.25, -0.2) is 0 Å². The van der Waals surface area contributed by atoms with Crippen molar-refractivity contribution >= 4 is 51.5 Å². The molecule has 5 rings (SSSR count). The van der Waals surface area contributed by atoms with Gasteiger partial charge >= 0.3 is 0 Å². The maximum Gasteiger partial charge on any atom is 0.273 e. The van der Waals surface area contributed by atoms with E-state index in [4.69, 9.17) is 25.7 Å². The van der Waals surface area contributed by atoms with Crippen LogP contribution in [0.5, 0.6) is 11.5 Å². The average molecular weight is 591 g/mol. The van der Waals surface area contributed by atoms with Gasteiger partial charge in [-0.1, -0.05) is 12.1 Å². The summed E-state index contributed by atoms with van der Waals surface area (Å²) in [5, 5.41) is 3.75. The minimum Gasteiger partial charge on any atom is -0.493 e. The Hall–Kier alpha value is -4.75. The van der Waals surface area contributed by atoms with Crippen molar-refractivity contribution in [3.63, 3.8) is 0 Å². The van der Waals surface area contributed by atoms with Gasteiger partial charge in [0, 0.05) is 36.5 Å². The van der Waals surface area contributed by atoms with E-state index in [0.717, 1.165) is 35.3 Å². The minimum absolute atomic E-state index is 0.0435. The minimum atomic E-state index is -1.18. The fourth-order valence-electron chi connectivity index (χ4n) is 4.90. The SMILES string of the molecule is COc1ccc(N(C(=O)c2snc(C(N)=O)c2N)[C@@H](C(=O)NC[C@@H]2CCCO2)c2ccc3ncccc3c2)cc1OC. The molecule has 0 saturated carbocycles. The highest BCUT2D eigenvalue weighted by Gasteiger charge is 2.37. The lowest BCUT2D eigenvalue weighted by Gasteiger charge is -2.32. The van der Waals surface area contributed by atoms with Crippen molar-refractivity contribution < 1.29 is 28.6 Å². The van der Waals surface area contributed by atoms with Gasteiger partial charge in [-0.05, 0) is 60.3 Å². The van der Waals surface area contributed by atoms with Gasteiger partial charge in [0.1, 0.15) is 10.9 Å². The highest BCUT2D eigenvalue weighted by Crippen LogP contribution is 2.38. The second-order valence-electron chi connectivity index (χ2n) is 9.59. The predicted octanol–water partition coefficient (Wildman–Crippen LogP) is 3.07. The summed E-state index contributed by atoms with van der Waals surface area (Å²) in [5.41, 5.74) is 12.8. The number of pyridine rings is 1.